The molecule has 2 rings (SSSR count). The van der Waals surface area contributed by atoms with Crippen LogP contribution in [0.5, 0.6) is 0 Å². The lowest BCUT2D eigenvalue weighted by Gasteiger charge is -2.19. The molecule has 0 saturated heterocycles. The molecule has 1 heterocycles. The van der Waals surface area contributed by atoms with Crippen molar-refractivity contribution in [1.29, 1.82) is 0 Å². The summed E-state index contributed by atoms with van der Waals surface area (Å²) in [6.07, 6.45) is 0. The molecule has 3 N–H and O–H groups in total. The number of carbonyl (C=O) groups excluding carboxylic acids is 1. The number of aromatic nitrogens is 2. The van der Waals surface area contributed by atoms with Crippen molar-refractivity contribution in [3.63, 3.8) is 0 Å². The van der Waals surface area contributed by atoms with Crippen LogP contribution in [0.1, 0.15) is 10.5 Å². The first kappa shape index (κ1) is 12.9. The van der Waals surface area contributed by atoms with Gasteiger partial charge in [0, 0.05) is 11.5 Å². The number of amides is 2. The predicted molar refractivity (Wildman–Crippen MR) is 65.8 cm³/mol. The van der Waals surface area contributed by atoms with Crippen LogP contribution in [0.4, 0.5) is 15.5 Å². The molecule has 98 valence electrons. The summed E-state index contributed by atoms with van der Waals surface area (Å²) in [7, 11) is 0. The summed E-state index contributed by atoms with van der Waals surface area (Å²) in [6.45, 7) is 0. The highest BCUT2D eigenvalue weighted by Gasteiger charge is 2.26. The number of carboxylic acids is 1. The van der Waals surface area contributed by atoms with Crippen LogP contribution < -0.4 is 10.4 Å². The number of rotatable bonds is 3. The first-order valence-corrected chi connectivity index (χ1v) is 5.77. The van der Waals surface area contributed by atoms with Crippen LogP contribution in [0.15, 0.2) is 30.3 Å². The van der Waals surface area contributed by atoms with Crippen molar-refractivity contribution in [1.82, 2.24) is 15.1 Å². The van der Waals surface area contributed by atoms with Crippen LogP contribution in [0.3, 0.4) is 0 Å². The van der Waals surface area contributed by atoms with E-state index in [0.717, 1.165) is 16.4 Å². The lowest BCUT2D eigenvalue weighted by molar-refractivity contribution is 0.0691. The molecule has 0 aliphatic rings. The molecule has 8 nitrogen and oxygen atoms in total. The number of benzene rings is 1. The van der Waals surface area contributed by atoms with Gasteiger partial charge >= 0.3 is 12.0 Å². The van der Waals surface area contributed by atoms with Gasteiger partial charge in [-0.1, -0.05) is 22.7 Å². The molecule has 0 atom stereocenters. The number of urea groups is 1. The van der Waals surface area contributed by atoms with Gasteiger partial charge in [-0.2, -0.15) is 0 Å². The van der Waals surface area contributed by atoms with Gasteiger partial charge in [0.25, 0.3) is 0 Å². The number of hydrogen-bond acceptors (Lipinski definition) is 6. The number of carbonyl (C=O) groups is 2. The smallest absolute Gasteiger partial charge is 0.359 e. The molecule has 2 amide bonds. The minimum atomic E-state index is -1.31. The van der Waals surface area contributed by atoms with E-state index in [2.05, 4.69) is 9.59 Å². The average Bonchev–Trinajstić information content (AvgIpc) is 2.89. The predicted octanol–water partition coefficient (Wildman–Crippen LogP) is 1.47. The number of hydrogen-bond donors (Lipinski definition) is 3. The molecule has 0 spiro atoms. The molecule has 0 unspecified atom stereocenters. The van der Waals surface area contributed by atoms with Crippen molar-refractivity contribution < 1.29 is 19.9 Å². The second-order valence-electron chi connectivity index (χ2n) is 3.32. The zero-order valence-corrected chi connectivity index (χ0v) is 10.2. The Kier molecular flexibility index (Phi) is 3.68. The van der Waals surface area contributed by atoms with Crippen molar-refractivity contribution >= 4 is 34.2 Å². The second kappa shape index (κ2) is 5.42. The van der Waals surface area contributed by atoms with E-state index in [9.17, 15) is 9.59 Å². The quantitative estimate of drug-likeness (QED) is 0.579. The summed E-state index contributed by atoms with van der Waals surface area (Å²) in [5.74, 6) is -1.31. The molecular formula is C10H8N4O4S. The number of nitrogens with one attached hydrogen (secondary N) is 1. The molecule has 0 bridgehead atoms. The highest BCUT2D eigenvalue weighted by atomic mass is 32.1. The number of nitrogens with zero attached hydrogens (tertiary/aromatic N) is 3. The van der Waals surface area contributed by atoms with Crippen LogP contribution in [-0.2, 0) is 0 Å². The topological polar surface area (TPSA) is 116 Å². The Labute approximate surface area is 111 Å². The third kappa shape index (κ3) is 2.51. The lowest BCUT2D eigenvalue weighted by atomic mass is 10.3. The van der Waals surface area contributed by atoms with Crippen molar-refractivity contribution in [3.05, 3.63) is 36.0 Å². The first-order valence-electron chi connectivity index (χ1n) is 5.00. The monoisotopic (exact) mass is 280 g/mol. The third-order valence-electron chi connectivity index (χ3n) is 2.19. The molecule has 0 saturated carbocycles. The molecule has 9 heteroatoms. The third-order valence-corrected chi connectivity index (χ3v) is 2.90. The molecule has 0 aliphatic carbocycles. The fourth-order valence-corrected chi connectivity index (χ4v) is 2.11. The summed E-state index contributed by atoms with van der Waals surface area (Å²) in [5.41, 5.74) is 1.48. The number of anilines is 2. The van der Waals surface area contributed by atoms with E-state index < -0.39 is 12.0 Å². The summed E-state index contributed by atoms with van der Waals surface area (Å²) >= 11 is 0.737. The van der Waals surface area contributed by atoms with E-state index in [1.807, 2.05) is 0 Å². The van der Waals surface area contributed by atoms with Crippen LogP contribution in [0.2, 0.25) is 0 Å². The number of hydroxylamine groups is 1. The fourth-order valence-electron chi connectivity index (χ4n) is 1.42. The molecule has 19 heavy (non-hydrogen) atoms. The van der Waals surface area contributed by atoms with Gasteiger partial charge in [-0.15, -0.1) is 5.10 Å². The van der Waals surface area contributed by atoms with Crippen LogP contribution >= 0.6 is 11.5 Å². The Balaban J connectivity index is 2.53. The zero-order valence-electron chi connectivity index (χ0n) is 9.35. The van der Waals surface area contributed by atoms with E-state index in [1.54, 1.807) is 30.3 Å². The minimum absolute atomic E-state index is 0.00486. The van der Waals surface area contributed by atoms with E-state index >= 15 is 0 Å². The lowest BCUT2D eigenvalue weighted by Crippen LogP contribution is -2.35. The van der Waals surface area contributed by atoms with Crippen molar-refractivity contribution in [2.45, 2.75) is 0 Å². The summed E-state index contributed by atoms with van der Waals surface area (Å²) in [5, 5.41) is 21.2. The Hall–Kier alpha value is -2.52. The van der Waals surface area contributed by atoms with Gasteiger partial charge in [0.2, 0.25) is 5.69 Å². The standard InChI is InChI=1S/C10H8N4O4S/c15-9(16)7-8(19-13-11-7)14(10(17)12-18)6-4-2-1-3-5-6/h1-5,18H,(H,12,17)(H,15,16). The minimum Gasteiger partial charge on any atom is -0.476 e. The van der Waals surface area contributed by atoms with Crippen molar-refractivity contribution in [2.24, 2.45) is 0 Å². The van der Waals surface area contributed by atoms with E-state index in [1.165, 1.54) is 5.48 Å². The SMILES string of the molecule is O=C(O)c1nnsc1N(C(=O)NO)c1ccccc1. The maximum atomic E-state index is 11.7. The van der Waals surface area contributed by atoms with Crippen molar-refractivity contribution in [3.8, 4) is 0 Å². The van der Waals surface area contributed by atoms with Crippen molar-refractivity contribution in [2.75, 3.05) is 4.90 Å². The number of carboxylic acid groups (broad SMARTS) is 1. The molecule has 0 aliphatic heterocycles. The van der Waals surface area contributed by atoms with Gasteiger partial charge in [0.15, 0.2) is 5.00 Å². The van der Waals surface area contributed by atoms with Gasteiger partial charge in [0.1, 0.15) is 0 Å². The van der Waals surface area contributed by atoms with Gasteiger partial charge in [-0.3, -0.25) is 5.21 Å². The first-order chi connectivity index (χ1) is 9.15. The summed E-state index contributed by atoms with van der Waals surface area (Å²) in [6, 6.07) is 7.34. The summed E-state index contributed by atoms with van der Waals surface area (Å²) in [4.78, 5) is 23.7. The van der Waals surface area contributed by atoms with Gasteiger partial charge in [-0.25, -0.2) is 20.0 Å². The van der Waals surface area contributed by atoms with Crippen LogP contribution in [-0.4, -0.2) is 31.9 Å². The van der Waals surface area contributed by atoms with Gasteiger partial charge in [0.05, 0.1) is 5.69 Å². The maximum Gasteiger partial charge on any atom is 0.359 e. The Morgan fingerprint density at radius 1 is 1.26 bits per heavy atom. The highest BCUT2D eigenvalue weighted by molar-refractivity contribution is 7.10. The second-order valence-corrected chi connectivity index (χ2v) is 4.05. The normalized spacial score (nSPS) is 9.95. The molecule has 2 aromatic rings. The highest BCUT2D eigenvalue weighted by Crippen LogP contribution is 2.30. The van der Waals surface area contributed by atoms with Gasteiger partial charge < -0.3 is 5.11 Å². The molecule has 1 aromatic carbocycles. The molecular weight excluding hydrogens is 272 g/mol. The Bertz CT molecular complexity index is 601. The Morgan fingerprint density at radius 2 is 1.95 bits per heavy atom. The largest absolute Gasteiger partial charge is 0.476 e. The molecule has 0 radical (unpaired) electrons. The van der Waals surface area contributed by atoms with E-state index in [0.29, 0.717) is 5.69 Å². The Morgan fingerprint density at radius 3 is 2.53 bits per heavy atom. The zero-order chi connectivity index (χ0) is 13.8. The number of aromatic carboxylic acids is 1. The summed E-state index contributed by atoms with van der Waals surface area (Å²) < 4.78 is 3.51. The fraction of sp³-hybridized carbons (Fsp3) is 0. The molecule has 1 aromatic heterocycles. The van der Waals surface area contributed by atoms with E-state index in [-0.39, 0.29) is 10.7 Å². The van der Waals surface area contributed by atoms with Gasteiger partial charge in [-0.05, 0) is 12.1 Å². The van der Waals surface area contributed by atoms with Crippen LogP contribution in [0, 0.1) is 0 Å². The average molecular weight is 280 g/mol. The maximum absolute atomic E-state index is 11.7. The van der Waals surface area contributed by atoms with Crippen LogP contribution in [0.25, 0.3) is 0 Å². The van der Waals surface area contributed by atoms with E-state index in [4.69, 9.17) is 10.3 Å². The molecule has 0 fully saturated rings. The number of para-hydroxylation sites is 1.